The zero-order chi connectivity index (χ0) is 14.6. The quantitative estimate of drug-likeness (QED) is 0.591. The Morgan fingerprint density at radius 1 is 1.16 bits per heavy atom. The predicted octanol–water partition coefficient (Wildman–Crippen LogP) is 2.03. The van der Waals surface area contributed by atoms with Crippen LogP contribution in [-0.4, -0.2) is 28.5 Å². The van der Waals surface area contributed by atoms with E-state index in [9.17, 15) is 19.9 Å². The van der Waals surface area contributed by atoms with Gasteiger partial charge in [0.2, 0.25) is 0 Å². The van der Waals surface area contributed by atoms with E-state index in [1.54, 1.807) is 13.8 Å². The maximum atomic E-state index is 12.4. The number of benzene rings is 1. The van der Waals surface area contributed by atoms with Crippen molar-refractivity contribution in [1.29, 1.82) is 0 Å². The molecule has 0 saturated heterocycles. The van der Waals surface area contributed by atoms with Gasteiger partial charge >= 0.3 is 7.60 Å². The first-order chi connectivity index (χ1) is 8.85. The second kappa shape index (κ2) is 6.25. The molecule has 0 heterocycles. The summed E-state index contributed by atoms with van der Waals surface area (Å²) in [6.07, 6.45) is 0. The lowest BCUT2D eigenvalue weighted by molar-refractivity contribution is 0.211. The van der Waals surface area contributed by atoms with E-state index in [2.05, 4.69) is 0 Å². The Labute approximate surface area is 111 Å². The van der Waals surface area contributed by atoms with Gasteiger partial charge in [-0.2, -0.15) is 0 Å². The van der Waals surface area contributed by atoms with Gasteiger partial charge in [0.1, 0.15) is 23.0 Å². The summed E-state index contributed by atoms with van der Waals surface area (Å²) in [5.41, 5.74) is 5.59. The normalized spacial score (nSPS) is 13.4. The Hall–Kier alpha value is -1.27. The summed E-state index contributed by atoms with van der Waals surface area (Å²) in [4.78, 5) is 0. The highest BCUT2D eigenvalue weighted by Gasteiger charge is 2.37. The molecule has 1 aromatic carbocycles. The average molecular weight is 291 g/mol. The van der Waals surface area contributed by atoms with Gasteiger partial charge in [-0.1, -0.05) is 0 Å². The van der Waals surface area contributed by atoms with Crippen molar-refractivity contribution in [2.45, 2.75) is 19.6 Å². The smallest absolute Gasteiger partial charge is 0.352 e. The van der Waals surface area contributed by atoms with E-state index in [0.29, 0.717) is 0 Å². The summed E-state index contributed by atoms with van der Waals surface area (Å²) in [7, 11) is -3.73. The molecule has 1 rings (SSSR count). The Kier molecular flexibility index (Phi) is 5.20. The molecule has 0 amide bonds. The van der Waals surface area contributed by atoms with Crippen LogP contribution in [0.25, 0.3) is 0 Å². The maximum Gasteiger partial charge on any atom is 0.352 e. The summed E-state index contributed by atoms with van der Waals surface area (Å²) in [5, 5.41) is 28.6. The molecule has 0 spiro atoms. The van der Waals surface area contributed by atoms with Gasteiger partial charge in [-0.05, 0) is 13.8 Å². The molecule has 0 fully saturated rings. The third kappa shape index (κ3) is 3.39. The van der Waals surface area contributed by atoms with Crippen molar-refractivity contribution in [2.24, 2.45) is 5.73 Å². The van der Waals surface area contributed by atoms with Crippen molar-refractivity contribution >= 4 is 7.60 Å². The minimum absolute atomic E-state index is 0.102. The summed E-state index contributed by atoms with van der Waals surface area (Å²) >= 11 is 0. The van der Waals surface area contributed by atoms with Crippen molar-refractivity contribution in [1.82, 2.24) is 0 Å². The molecule has 1 aromatic rings. The monoisotopic (exact) mass is 291 g/mol. The number of aromatic hydroxyl groups is 3. The van der Waals surface area contributed by atoms with Crippen LogP contribution in [0.4, 0.5) is 0 Å². The van der Waals surface area contributed by atoms with E-state index < -0.39 is 24.9 Å². The lowest BCUT2D eigenvalue weighted by atomic mass is 10.1. The first kappa shape index (κ1) is 15.8. The molecule has 1 atom stereocenters. The van der Waals surface area contributed by atoms with Crippen LogP contribution in [0.15, 0.2) is 12.1 Å². The third-order valence-electron chi connectivity index (χ3n) is 2.38. The molecule has 5 N–H and O–H groups in total. The van der Waals surface area contributed by atoms with Gasteiger partial charge in [0.15, 0.2) is 0 Å². The van der Waals surface area contributed by atoms with Crippen LogP contribution in [-0.2, 0) is 13.6 Å². The van der Waals surface area contributed by atoms with Crippen molar-refractivity contribution < 1.29 is 28.9 Å². The Balaban J connectivity index is 3.24. The average Bonchev–Trinajstić information content (AvgIpc) is 2.27. The number of rotatable bonds is 6. The molecule has 0 aliphatic rings. The highest BCUT2D eigenvalue weighted by Crippen LogP contribution is 2.61. The first-order valence-corrected chi connectivity index (χ1v) is 7.36. The molecule has 0 aliphatic heterocycles. The Morgan fingerprint density at radius 3 is 1.95 bits per heavy atom. The molecule has 19 heavy (non-hydrogen) atoms. The van der Waals surface area contributed by atoms with Gasteiger partial charge in [-0.3, -0.25) is 4.57 Å². The minimum atomic E-state index is -3.73. The first-order valence-electron chi connectivity index (χ1n) is 5.75. The van der Waals surface area contributed by atoms with Crippen molar-refractivity contribution in [3.05, 3.63) is 17.7 Å². The Bertz CT molecular complexity index is 459. The molecule has 7 nitrogen and oxygen atoms in total. The molecule has 0 unspecified atom stereocenters. The fourth-order valence-corrected chi connectivity index (χ4v) is 3.32. The molecule has 0 aromatic heterocycles. The lowest BCUT2D eigenvalue weighted by Crippen LogP contribution is -2.15. The summed E-state index contributed by atoms with van der Waals surface area (Å²) < 4.78 is 22.5. The molecule has 0 aliphatic carbocycles. The fraction of sp³-hybridized carbons (Fsp3) is 0.455. The van der Waals surface area contributed by atoms with Gasteiger partial charge in [0, 0.05) is 12.1 Å². The maximum absolute atomic E-state index is 12.4. The van der Waals surface area contributed by atoms with Crippen LogP contribution in [0.5, 0.6) is 17.2 Å². The van der Waals surface area contributed by atoms with E-state index in [1.165, 1.54) is 0 Å². The SMILES string of the molecule is CCOP(=O)(OCC)[C@@H](N)c1c(O)cc(O)cc1O. The number of phenols is 3. The second-order valence-corrected chi connectivity index (χ2v) is 5.87. The van der Waals surface area contributed by atoms with Gasteiger partial charge in [0.25, 0.3) is 0 Å². The molecule has 8 heteroatoms. The lowest BCUT2D eigenvalue weighted by Gasteiger charge is -2.24. The van der Waals surface area contributed by atoms with Crippen LogP contribution in [0.2, 0.25) is 0 Å². The van der Waals surface area contributed by atoms with Crippen LogP contribution in [0, 0.1) is 0 Å². The van der Waals surface area contributed by atoms with Gasteiger partial charge in [0.05, 0.1) is 18.8 Å². The van der Waals surface area contributed by atoms with Gasteiger partial charge < -0.3 is 30.1 Å². The van der Waals surface area contributed by atoms with E-state index in [1.807, 2.05) is 0 Å². The van der Waals surface area contributed by atoms with Crippen LogP contribution >= 0.6 is 7.60 Å². The Morgan fingerprint density at radius 2 is 1.58 bits per heavy atom. The molecular formula is C11H18NO6P. The molecule has 0 bridgehead atoms. The highest BCUT2D eigenvalue weighted by molar-refractivity contribution is 7.54. The highest BCUT2D eigenvalue weighted by atomic mass is 31.2. The molecule has 0 radical (unpaired) electrons. The number of nitrogens with two attached hydrogens (primary N) is 1. The summed E-state index contributed by atoms with van der Waals surface area (Å²) in [5.74, 6) is -2.66. The van der Waals surface area contributed by atoms with E-state index in [0.717, 1.165) is 12.1 Å². The number of hydrogen-bond acceptors (Lipinski definition) is 7. The molecule has 0 saturated carbocycles. The van der Waals surface area contributed by atoms with Crippen molar-refractivity contribution in [2.75, 3.05) is 13.2 Å². The van der Waals surface area contributed by atoms with Gasteiger partial charge in [-0.25, -0.2) is 0 Å². The molecular weight excluding hydrogens is 273 g/mol. The van der Waals surface area contributed by atoms with Crippen molar-refractivity contribution in [3.63, 3.8) is 0 Å². The molecule has 108 valence electrons. The van der Waals surface area contributed by atoms with Crippen LogP contribution in [0.1, 0.15) is 25.2 Å². The second-order valence-electron chi connectivity index (χ2n) is 3.72. The fourth-order valence-electron chi connectivity index (χ4n) is 1.63. The minimum Gasteiger partial charge on any atom is -0.508 e. The van der Waals surface area contributed by atoms with Crippen LogP contribution in [0.3, 0.4) is 0 Å². The van der Waals surface area contributed by atoms with Crippen molar-refractivity contribution in [3.8, 4) is 17.2 Å². The largest absolute Gasteiger partial charge is 0.508 e. The zero-order valence-electron chi connectivity index (χ0n) is 10.7. The van der Waals surface area contributed by atoms with Crippen LogP contribution < -0.4 is 5.73 Å². The summed E-state index contributed by atoms with van der Waals surface area (Å²) in [6, 6.07) is 1.97. The topological polar surface area (TPSA) is 122 Å². The van der Waals surface area contributed by atoms with E-state index in [-0.39, 0.29) is 24.5 Å². The predicted molar refractivity (Wildman–Crippen MR) is 69.2 cm³/mol. The number of hydrogen-bond donors (Lipinski definition) is 4. The zero-order valence-corrected chi connectivity index (χ0v) is 11.6. The summed E-state index contributed by atoms with van der Waals surface area (Å²) in [6.45, 7) is 3.44. The standard InChI is InChI=1S/C11H18NO6P/c1-3-17-19(16,18-4-2)11(12)10-8(14)5-7(13)6-9(10)15/h5-6,11,13-15H,3-4,12H2,1-2H3/t11-/m1/s1. The van der Waals surface area contributed by atoms with E-state index >= 15 is 0 Å². The number of phenolic OH excluding ortho intramolecular Hbond substituents is 3. The third-order valence-corrected chi connectivity index (χ3v) is 4.55. The van der Waals surface area contributed by atoms with E-state index in [4.69, 9.17) is 14.8 Å². The van der Waals surface area contributed by atoms with Gasteiger partial charge in [-0.15, -0.1) is 0 Å².